The number of likely N-dealkylation sites (tertiary alicyclic amines) is 1. The number of hydrogen-bond donors (Lipinski definition) is 0. The summed E-state index contributed by atoms with van der Waals surface area (Å²) in [4.78, 5) is 13.8. The molecule has 122 valence electrons. The van der Waals surface area contributed by atoms with E-state index in [9.17, 15) is 18.0 Å². The third kappa shape index (κ3) is 4.39. The van der Waals surface area contributed by atoms with Crippen molar-refractivity contribution in [2.24, 2.45) is 5.92 Å². The van der Waals surface area contributed by atoms with Gasteiger partial charge in [-0.15, -0.1) is 13.2 Å². The van der Waals surface area contributed by atoms with E-state index in [1.807, 2.05) is 18.7 Å². The molecule has 0 N–H and O–H groups in total. The minimum Gasteiger partial charge on any atom is -0.406 e. The summed E-state index contributed by atoms with van der Waals surface area (Å²) in [6, 6.07) is 6.03. The van der Waals surface area contributed by atoms with E-state index in [0.717, 1.165) is 18.4 Å². The molecule has 0 unspecified atom stereocenters. The van der Waals surface area contributed by atoms with E-state index in [2.05, 4.69) is 4.74 Å². The number of rotatable bonds is 3. The number of halogens is 3. The predicted octanol–water partition coefficient (Wildman–Crippen LogP) is 3.95. The van der Waals surface area contributed by atoms with Gasteiger partial charge in [0.15, 0.2) is 0 Å². The molecule has 1 heterocycles. The molecule has 0 radical (unpaired) electrons. The summed E-state index contributed by atoms with van der Waals surface area (Å²) >= 11 is 0. The first kappa shape index (κ1) is 16.6. The zero-order valence-electron chi connectivity index (χ0n) is 12.7. The van der Waals surface area contributed by atoms with Crippen molar-refractivity contribution in [3.63, 3.8) is 0 Å². The van der Waals surface area contributed by atoms with Gasteiger partial charge in [-0.25, -0.2) is 0 Å². The second-order valence-electron chi connectivity index (χ2n) is 5.87. The summed E-state index contributed by atoms with van der Waals surface area (Å²) in [5.41, 5.74) is 0.992. The van der Waals surface area contributed by atoms with E-state index in [1.165, 1.54) is 12.1 Å². The number of nitrogens with zero attached hydrogens (tertiary/aromatic N) is 1. The van der Waals surface area contributed by atoms with E-state index < -0.39 is 6.36 Å². The van der Waals surface area contributed by atoms with Crippen LogP contribution in [0, 0.1) is 5.92 Å². The van der Waals surface area contributed by atoms with Crippen molar-refractivity contribution in [2.45, 2.75) is 39.0 Å². The summed E-state index contributed by atoms with van der Waals surface area (Å²) in [6.07, 6.45) is -3.00. The van der Waals surface area contributed by atoms with Gasteiger partial charge in [0.05, 0.1) is 0 Å². The van der Waals surface area contributed by atoms with Crippen LogP contribution in [0.1, 0.15) is 38.2 Å². The lowest BCUT2D eigenvalue weighted by Gasteiger charge is -2.33. The number of benzene rings is 1. The lowest BCUT2D eigenvalue weighted by Crippen LogP contribution is -2.40. The Morgan fingerprint density at radius 3 is 2.18 bits per heavy atom. The molecule has 0 aromatic heterocycles. The standard InChI is InChI=1S/C16H20F3NO2/c1-11(2)15(21)20-9-7-13(8-10-20)12-3-5-14(6-4-12)22-16(17,18)19/h3-6,11,13H,7-10H2,1-2H3. The van der Waals surface area contributed by atoms with Crippen LogP contribution in [-0.4, -0.2) is 30.3 Å². The van der Waals surface area contributed by atoms with Gasteiger partial charge in [-0.1, -0.05) is 26.0 Å². The summed E-state index contributed by atoms with van der Waals surface area (Å²) in [6.45, 7) is 5.16. The van der Waals surface area contributed by atoms with Gasteiger partial charge in [0.25, 0.3) is 0 Å². The molecule has 0 atom stereocenters. The molecule has 1 aromatic carbocycles. The zero-order valence-corrected chi connectivity index (χ0v) is 12.7. The lowest BCUT2D eigenvalue weighted by molar-refractivity contribution is -0.274. The monoisotopic (exact) mass is 315 g/mol. The Morgan fingerprint density at radius 1 is 1.18 bits per heavy atom. The zero-order chi connectivity index (χ0) is 16.3. The van der Waals surface area contributed by atoms with Gasteiger partial charge in [-0.05, 0) is 36.5 Å². The number of amides is 1. The SMILES string of the molecule is CC(C)C(=O)N1CCC(c2ccc(OC(F)(F)F)cc2)CC1. The minimum atomic E-state index is -4.66. The molecule has 0 aliphatic carbocycles. The average molecular weight is 315 g/mol. The van der Waals surface area contributed by atoms with Crippen LogP contribution in [0.5, 0.6) is 5.75 Å². The second kappa shape index (κ2) is 6.58. The van der Waals surface area contributed by atoms with Gasteiger partial charge in [0.1, 0.15) is 5.75 Å². The molecule has 2 rings (SSSR count). The van der Waals surface area contributed by atoms with Crippen LogP contribution >= 0.6 is 0 Å². The van der Waals surface area contributed by atoms with Crippen molar-refractivity contribution < 1.29 is 22.7 Å². The molecule has 1 aliphatic heterocycles. The highest BCUT2D eigenvalue weighted by Gasteiger charge is 2.31. The fraction of sp³-hybridized carbons (Fsp3) is 0.562. The number of carbonyl (C=O) groups excluding carboxylic acids is 1. The first-order chi connectivity index (χ1) is 10.3. The predicted molar refractivity (Wildman–Crippen MR) is 76.5 cm³/mol. The van der Waals surface area contributed by atoms with Gasteiger partial charge in [-0.3, -0.25) is 4.79 Å². The molecule has 0 saturated carbocycles. The molecular formula is C16H20F3NO2. The van der Waals surface area contributed by atoms with Crippen LogP contribution in [0.4, 0.5) is 13.2 Å². The highest BCUT2D eigenvalue weighted by atomic mass is 19.4. The molecule has 0 bridgehead atoms. The quantitative estimate of drug-likeness (QED) is 0.845. The maximum Gasteiger partial charge on any atom is 0.573 e. The highest BCUT2D eigenvalue weighted by Crippen LogP contribution is 2.31. The van der Waals surface area contributed by atoms with Crippen LogP contribution < -0.4 is 4.74 Å². The van der Waals surface area contributed by atoms with E-state index in [1.54, 1.807) is 12.1 Å². The van der Waals surface area contributed by atoms with Crippen LogP contribution in [0.25, 0.3) is 0 Å². The van der Waals surface area contributed by atoms with E-state index in [4.69, 9.17) is 0 Å². The fourth-order valence-corrected chi connectivity index (χ4v) is 2.74. The highest BCUT2D eigenvalue weighted by molar-refractivity contribution is 5.78. The number of hydrogen-bond acceptors (Lipinski definition) is 2. The summed E-state index contributed by atoms with van der Waals surface area (Å²) in [5.74, 6) is 0.225. The fourth-order valence-electron chi connectivity index (χ4n) is 2.74. The van der Waals surface area contributed by atoms with Crippen molar-refractivity contribution in [3.8, 4) is 5.75 Å². The minimum absolute atomic E-state index is 0.00430. The number of piperidine rings is 1. The van der Waals surface area contributed by atoms with Gasteiger partial charge >= 0.3 is 6.36 Å². The smallest absolute Gasteiger partial charge is 0.406 e. The Labute approximate surface area is 128 Å². The first-order valence-electron chi connectivity index (χ1n) is 7.41. The van der Waals surface area contributed by atoms with Crippen LogP contribution in [0.2, 0.25) is 0 Å². The van der Waals surface area contributed by atoms with Crippen LogP contribution in [0.15, 0.2) is 24.3 Å². The Bertz CT molecular complexity index is 503. The Hall–Kier alpha value is -1.72. The normalized spacial score (nSPS) is 16.9. The maximum absolute atomic E-state index is 12.1. The molecule has 22 heavy (non-hydrogen) atoms. The Balaban J connectivity index is 1.93. The largest absolute Gasteiger partial charge is 0.573 e. The Kier molecular flexibility index (Phi) is 4.98. The van der Waals surface area contributed by atoms with Gasteiger partial charge in [-0.2, -0.15) is 0 Å². The van der Waals surface area contributed by atoms with Crippen molar-refractivity contribution in [2.75, 3.05) is 13.1 Å². The number of ether oxygens (including phenoxy) is 1. The van der Waals surface area contributed by atoms with E-state index >= 15 is 0 Å². The molecule has 1 aliphatic rings. The summed E-state index contributed by atoms with van der Waals surface area (Å²) in [5, 5.41) is 0. The lowest BCUT2D eigenvalue weighted by atomic mass is 9.89. The molecule has 1 aromatic rings. The molecule has 1 fully saturated rings. The van der Waals surface area contributed by atoms with Crippen LogP contribution in [-0.2, 0) is 4.79 Å². The summed E-state index contributed by atoms with van der Waals surface area (Å²) in [7, 11) is 0. The number of carbonyl (C=O) groups is 1. The third-order valence-electron chi connectivity index (χ3n) is 3.89. The maximum atomic E-state index is 12.1. The second-order valence-corrected chi connectivity index (χ2v) is 5.87. The molecule has 3 nitrogen and oxygen atoms in total. The average Bonchev–Trinajstić information content (AvgIpc) is 2.46. The van der Waals surface area contributed by atoms with Crippen molar-refractivity contribution >= 4 is 5.91 Å². The van der Waals surface area contributed by atoms with E-state index in [0.29, 0.717) is 13.1 Å². The molecular weight excluding hydrogens is 295 g/mol. The van der Waals surface area contributed by atoms with Crippen LogP contribution in [0.3, 0.4) is 0 Å². The van der Waals surface area contributed by atoms with Crippen molar-refractivity contribution in [3.05, 3.63) is 29.8 Å². The third-order valence-corrected chi connectivity index (χ3v) is 3.89. The van der Waals surface area contributed by atoms with Crippen molar-refractivity contribution in [1.82, 2.24) is 4.90 Å². The topological polar surface area (TPSA) is 29.5 Å². The van der Waals surface area contributed by atoms with Gasteiger partial charge in [0.2, 0.25) is 5.91 Å². The van der Waals surface area contributed by atoms with Gasteiger partial charge < -0.3 is 9.64 Å². The number of alkyl halides is 3. The molecule has 1 amide bonds. The molecule has 1 saturated heterocycles. The van der Waals surface area contributed by atoms with Crippen molar-refractivity contribution in [1.29, 1.82) is 0 Å². The summed E-state index contributed by atoms with van der Waals surface area (Å²) < 4.78 is 40.2. The molecule has 6 heteroatoms. The van der Waals surface area contributed by atoms with E-state index in [-0.39, 0.29) is 23.5 Å². The molecule has 0 spiro atoms. The van der Waals surface area contributed by atoms with Gasteiger partial charge in [0, 0.05) is 19.0 Å². The first-order valence-corrected chi connectivity index (χ1v) is 7.41. The Morgan fingerprint density at radius 2 is 1.73 bits per heavy atom.